The first-order chi connectivity index (χ1) is 13.7. The Bertz CT molecular complexity index is 1020. The maximum atomic E-state index is 12.7. The molecule has 0 aliphatic carbocycles. The van der Waals surface area contributed by atoms with Gasteiger partial charge >= 0.3 is 6.03 Å². The molecule has 3 amide bonds. The van der Waals surface area contributed by atoms with Gasteiger partial charge in [0.05, 0.1) is 17.7 Å². The highest BCUT2D eigenvalue weighted by molar-refractivity contribution is 7.12. The fraction of sp³-hybridized carbons (Fsp3) is 0.143. The maximum Gasteiger partial charge on any atom is 0.323 e. The summed E-state index contributed by atoms with van der Waals surface area (Å²) in [5, 5.41) is 7.50. The smallest absolute Gasteiger partial charge is 0.323 e. The molecule has 0 bridgehead atoms. The van der Waals surface area contributed by atoms with E-state index in [0.717, 1.165) is 17.7 Å². The van der Waals surface area contributed by atoms with Crippen LogP contribution in [-0.2, 0) is 6.42 Å². The number of carbonyl (C=O) groups excluding carboxylic acids is 2. The normalized spacial score (nSPS) is 12.4. The number of rotatable bonds is 4. The lowest BCUT2D eigenvalue weighted by molar-refractivity contribution is 0.0993. The summed E-state index contributed by atoms with van der Waals surface area (Å²) in [5.74, 6) is 0.573. The molecule has 0 unspecified atom stereocenters. The van der Waals surface area contributed by atoms with Crippen LogP contribution in [0.4, 0.5) is 21.9 Å². The van der Waals surface area contributed by atoms with Crippen LogP contribution in [0.1, 0.15) is 15.2 Å². The third kappa shape index (κ3) is 3.57. The molecular formula is C21H19N3O3S. The Morgan fingerprint density at radius 1 is 1.07 bits per heavy atom. The van der Waals surface area contributed by atoms with Crippen molar-refractivity contribution in [3.8, 4) is 5.75 Å². The number of methoxy groups -OCH3 is 1. The van der Waals surface area contributed by atoms with Gasteiger partial charge in [0.2, 0.25) is 0 Å². The standard InChI is InChI=1S/C21H19N3O3S/c1-27-18-6-3-2-5-16(18)23-21(26)22-15-9-8-14-10-11-24(17(14)13-15)20(25)19-7-4-12-28-19/h2-9,12-13H,10-11H2,1H3,(H2,22,23,26). The van der Waals surface area contributed by atoms with E-state index in [-0.39, 0.29) is 11.9 Å². The minimum Gasteiger partial charge on any atom is -0.495 e. The summed E-state index contributed by atoms with van der Waals surface area (Å²) in [4.78, 5) is 27.6. The average molecular weight is 393 g/mol. The number of ether oxygens (including phenoxy) is 1. The summed E-state index contributed by atoms with van der Waals surface area (Å²) in [6, 6.07) is 16.2. The van der Waals surface area contributed by atoms with Gasteiger partial charge in [0.1, 0.15) is 5.75 Å². The molecule has 0 fully saturated rings. The van der Waals surface area contributed by atoms with Crippen LogP contribution in [-0.4, -0.2) is 25.6 Å². The number of fused-ring (bicyclic) bond motifs is 1. The minimum absolute atomic E-state index is 0.00984. The molecule has 2 aromatic carbocycles. The zero-order chi connectivity index (χ0) is 19.5. The third-order valence-electron chi connectivity index (χ3n) is 4.57. The van der Waals surface area contributed by atoms with Crippen LogP contribution in [0.25, 0.3) is 0 Å². The molecule has 2 heterocycles. The van der Waals surface area contributed by atoms with Crippen LogP contribution in [0, 0.1) is 0 Å². The number of nitrogens with one attached hydrogen (secondary N) is 2. The van der Waals surface area contributed by atoms with Crippen molar-refractivity contribution >= 4 is 40.3 Å². The van der Waals surface area contributed by atoms with Crippen LogP contribution in [0.15, 0.2) is 60.0 Å². The lowest BCUT2D eigenvalue weighted by Crippen LogP contribution is -2.28. The van der Waals surface area contributed by atoms with E-state index in [1.165, 1.54) is 11.3 Å². The molecular weight excluding hydrogens is 374 g/mol. The number of nitrogens with zero attached hydrogens (tertiary/aromatic N) is 1. The molecule has 0 radical (unpaired) electrons. The highest BCUT2D eigenvalue weighted by atomic mass is 32.1. The van der Waals surface area contributed by atoms with Crippen molar-refractivity contribution in [2.45, 2.75) is 6.42 Å². The van der Waals surface area contributed by atoms with Gasteiger partial charge in [-0.3, -0.25) is 4.79 Å². The highest BCUT2D eigenvalue weighted by Gasteiger charge is 2.26. The maximum absolute atomic E-state index is 12.7. The first-order valence-electron chi connectivity index (χ1n) is 8.85. The van der Waals surface area contributed by atoms with Crippen molar-refractivity contribution in [2.75, 3.05) is 29.2 Å². The van der Waals surface area contributed by atoms with Gasteiger partial charge in [-0.15, -0.1) is 11.3 Å². The van der Waals surface area contributed by atoms with Gasteiger partial charge in [-0.05, 0) is 47.7 Å². The Kier molecular flexibility index (Phi) is 4.99. The van der Waals surface area contributed by atoms with Gasteiger partial charge in [0, 0.05) is 17.9 Å². The van der Waals surface area contributed by atoms with E-state index in [9.17, 15) is 9.59 Å². The zero-order valence-corrected chi connectivity index (χ0v) is 16.1. The lowest BCUT2D eigenvalue weighted by Gasteiger charge is -2.17. The Morgan fingerprint density at radius 2 is 1.93 bits per heavy atom. The van der Waals surface area contributed by atoms with Gasteiger partial charge in [0.15, 0.2) is 0 Å². The molecule has 1 aliphatic heterocycles. The van der Waals surface area contributed by atoms with Crippen molar-refractivity contribution in [3.05, 3.63) is 70.4 Å². The summed E-state index contributed by atoms with van der Waals surface area (Å²) in [7, 11) is 1.55. The first-order valence-corrected chi connectivity index (χ1v) is 9.73. The number of anilines is 3. The number of carbonyl (C=O) groups is 2. The zero-order valence-electron chi connectivity index (χ0n) is 15.3. The van der Waals surface area contributed by atoms with Gasteiger partial charge in [-0.1, -0.05) is 24.3 Å². The molecule has 0 atom stereocenters. The quantitative estimate of drug-likeness (QED) is 0.680. The fourth-order valence-corrected chi connectivity index (χ4v) is 3.91. The number of urea groups is 1. The molecule has 28 heavy (non-hydrogen) atoms. The minimum atomic E-state index is -0.376. The largest absolute Gasteiger partial charge is 0.495 e. The molecule has 0 saturated heterocycles. The second kappa shape index (κ2) is 7.74. The molecule has 142 valence electrons. The number of para-hydroxylation sites is 2. The van der Waals surface area contributed by atoms with Gasteiger partial charge in [-0.2, -0.15) is 0 Å². The Labute approximate surface area is 166 Å². The van der Waals surface area contributed by atoms with Gasteiger partial charge in [-0.25, -0.2) is 4.79 Å². The summed E-state index contributed by atoms with van der Waals surface area (Å²) < 4.78 is 5.25. The van der Waals surface area contributed by atoms with E-state index in [4.69, 9.17) is 4.74 Å². The second-order valence-electron chi connectivity index (χ2n) is 6.31. The van der Waals surface area contributed by atoms with Gasteiger partial charge in [0.25, 0.3) is 5.91 Å². The fourth-order valence-electron chi connectivity index (χ4n) is 3.23. The lowest BCUT2D eigenvalue weighted by atomic mass is 10.1. The third-order valence-corrected chi connectivity index (χ3v) is 5.43. The van der Waals surface area contributed by atoms with E-state index in [1.54, 1.807) is 24.1 Å². The van der Waals surface area contributed by atoms with Crippen LogP contribution < -0.4 is 20.3 Å². The Hall–Kier alpha value is -3.32. The molecule has 1 aliphatic rings. The molecule has 2 N–H and O–H groups in total. The van der Waals surface area contributed by atoms with Crippen molar-refractivity contribution < 1.29 is 14.3 Å². The number of thiophene rings is 1. The first kappa shape index (κ1) is 18.1. The van der Waals surface area contributed by atoms with Crippen LogP contribution in [0.2, 0.25) is 0 Å². The number of hydrogen-bond acceptors (Lipinski definition) is 4. The van der Waals surface area contributed by atoms with Crippen LogP contribution >= 0.6 is 11.3 Å². The molecule has 7 heteroatoms. The van der Waals surface area contributed by atoms with E-state index in [2.05, 4.69) is 10.6 Å². The molecule has 4 rings (SSSR count). The van der Waals surface area contributed by atoms with E-state index in [1.807, 2.05) is 47.8 Å². The Morgan fingerprint density at radius 3 is 2.71 bits per heavy atom. The topological polar surface area (TPSA) is 70.7 Å². The number of amides is 3. The second-order valence-corrected chi connectivity index (χ2v) is 7.25. The van der Waals surface area contributed by atoms with E-state index in [0.29, 0.717) is 28.5 Å². The van der Waals surface area contributed by atoms with Crippen molar-refractivity contribution in [3.63, 3.8) is 0 Å². The summed E-state index contributed by atoms with van der Waals surface area (Å²) in [5.41, 5.74) is 3.14. The molecule has 1 aromatic heterocycles. The molecule has 0 saturated carbocycles. The summed E-state index contributed by atoms with van der Waals surface area (Å²) >= 11 is 1.43. The van der Waals surface area contributed by atoms with Crippen LogP contribution in [0.3, 0.4) is 0 Å². The SMILES string of the molecule is COc1ccccc1NC(=O)Nc1ccc2c(c1)N(C(=O)c1cccs1)CC2. The molecule has 6 nitrogen and oxygen atoms in total. The van der Waals surface area contributed by atoms with E-state index >= 15 is 0 Å². The summed E-state index contributed by atoms with van der Waals surface area (Å²) in [6.45, 7) is 0.642. The molecule has 3 aromatic rings. The van der Waals surface area contributed by atoms with Crippen molar-refractivity contribution in [1.29, 1.82) is 0 Å². The number of hydrogen-bond donors (Lipinski definition) is 2. The van der Waals surface area contributed by atoms with Gasteiger partial charge < -0.3 is 20.3 Å². The monoisotopic (exact) mass is 393 g/mol. The van der Waals surface area contributed by atoms with Crippen LogP contribution in [0.5, 0.6) is 5.75 Å². The van der Waals surface area contributed by atoms with Crippen molar-refractivity contribution in [2.24, 2.45) is 0 Å². The highest BCUT2D eigenvalue weighted by Crippen LogP contribution is 2.33. The van der Waals surface area contributed by atoms with E-state index < -0.39 is 0 Å². The predicted octanol–water partition coefficient (Wildman–Crippen LogP) is 4.60. The Balaban J connectivity index is 1.50. The number of benzene rings is 2. The predicted molar refractivity (Wildman–Crippen MR) is 112 cm³/mol. The average Bonchev–Trinajstić information content (AvgIpc) is 3.38. The summed E-state index contributed by atoms with van der Waals surface area (Å²) in [6.07, 6.45) is 0.806. The van der Waals surface area contributed by atoms with Crippen molar-refractivity contribution in [1.82, 2.24) is 0 Å². The molecule has 0 spiro atoms.